The highest BCUT2D eigenvalue weighted by atomic mass is 16.3. The summed E-state index contributed by atoms with van der Waals surface area (Å²) in [5, 5.41) is 40.9. The first-order chi connectivity index (χ1) is 15.3. The van der Waals surface area contributed by atoms with Crippen LogP contribution in [0.15, 0.2) is 24.3 Å². The molecule has 0 fully saturated rings. The van der Waals surface area contributed by atoms with Crippen molar-refractivity contribution in [3.63, 3.8) is 0 Å². The van der Waals surface area contributed by atoms with Crippen LogP contribution in [0.25, 0.3) is 0 Å². The molecule has 0 heterocycles. The van der Waals surface area contributed by atoms with Gasteiger partial charge in [-0.2, -0.15) is 0 Å². The van der Waals surface area contributed by atoms with Crippen molar-refractivity contribution in [3.05, 3.63) is 46.5 Å². The molecule has 178 valence electrons. The van der Waals surface area contributed by atoms with Crippen LogP contribution in [0.5, 0.6) is 23.0 Å². The third kappa shape index (κ3) is 7.65. The van der Waals surface area contributed by atoms with E-state index in [2.05, 4.69) is 6.92 Å². The summed E-state index contributed by atoms with van der Waals surface area (Å²) in [5.74, 6) is 0.117. The molecule has 0 amide bonds. The number of aromatic hydroxyl groups is 4. The maximum atomic E-state index is 10.2. The molecule has 2 aromatic rings. The molecule has 2 rings (SSSR count). The molecule has 0 spiro atoms. The van der Waals surface area contributed by atoms with E-state index in [4.69, 9.17) is 0 Å². The fraction of sp³-hybridized carbons (Fsp3) is 0.571. The Morgan fingerprint density at radius 2 is 0.844 bits per heavy atom. The Bertz CT molecular complexity index is 740. The summed E-state index contributed by atoms with van der Waals surface area (Å²) in [6.45, 7) is 5.60. The molecule has 0 saturated carbocycles. The molecular weight excluding hydrogens is 400 g/mol. The van der Waals surface area contributed by atoms with Crippen LogP contribution >= 0.6 is 0 Å². The first kappa shape index (κ1) is 25.9. The van der Waals surface area contributed by atoms with Gasteiger partial charge < -0.3 is 20.4 Å². The van der Waals surface area contributed by atoms with Crippen molar-refractivity contribution in [3.8, 4) is 23.0 Å². The van der Waals surface area contributed by atoms with Crippen molar-refractivity contribution in [2.75, 3.05) is 0 Å². The summed E-state index contributed by atoms with van der Waals surface area (Å²) in [6, 6.07) is 6.75. The number of phenols is 4. The van der Waals surface area contributed by atoms with E-state index in [1.54, 1.807) is 38.1 Å². The molecule has 0 saturated heterocycles. The highest BCUT2D eigenvalue weighted by Crippen LogP contribution is 2.40. The molecule has 4 heteroatoms. The van der Waals surface area contributed by atoms with E-state index in [0.29, 0.717) is 11.1 Å². The number of unbranched alkanes of at least 4 members (excludes halogenated alkanes) is 10. The molecule has 0 aromatic heterocycles. The van der Waals surface area contributed by atoms with Crippen LogP contribution in [0.3, 0.4) is 0 Å². The predicted octanol–water partition coefficient (Wildman–Crippen LogP) is 7.96. The molecule has 0 aliphatic heterocycles. The van der Waals surface area contributed by atoms with E-state index in [0.717, 1.165) is 30.4 Å². The van der Waals surface area contributed by atoms with Crippen LogP contribution < -0.4 is 0 Å². The summed E-state index contributed by atoms with van der Waals surface area (Å²) >= 11 is 0. The van der Waals surface area contributed by atoms with Crippen molar-refractivity contribution in [2.24, 2.45) is 0 Å². The lowest BCUT2D eigenvalue weighted by molar-refractivity contribution is 0.438. The quantitative estimate of drug-likeness (QED) is 0.224. The number of benzene rings is 2. The van der Waals surface area contributed by atoms with Gasteiger partial charge in [-0.05, 0) is 55.7 Å². The number of hydrogen-bond donors (Lipinski definition) is 4. The fourth-order valence-electron chi connectivity index (χ4n) is 4.35. The Morgan fingerprint density at radius 1 is 0.531 bits per heavy atom. The van der Waals surface area contributed by atoms with Crippen LogP contribution in [0.2, 0.25) is 0 Å². The zero-order valence-electron chi connectivity index (χ0n) is 20.2. The standard InChI is InChI=1S/C28H42O4/c1-4-5-6-7-8-9-10-11-12-13-14-15-24(22-16-25(29)20(2)26(30)17-22)23-18-27(31)21(3)28(32)19-23/h16-19,24,29-32H,4-15H2,1-3H3. The molecule has 0 bridgehead atoms. The minimum absolute atomic E-state index is 0.0597. The van der Waals surface area contributed by atoms with Crippen LogP contribution in [0.4, 0.5) is 0 Å². The topological polar surface area (TPSA) is 80.9 Å². The molecular formula is C28H42O4. The maximum absolute atomic E-state index is 10.2. The van der Waals surface area contributed by atoms with Crippen LogP contribution in [0.1, 0.15) is 112 Å². The second kappa shape index (κ2) is 13.2. The molecule has 0 atom stereocenters. The molecule has 2 aromatic carbocycles. The van der Waals surface area contributed by atoms with Crippen molar-refractivity contribution >= 4 is 0 Å². The second-order valence-corrected chi connectivity index (χ2v) is 9.25. The molecule has 4 nitrogen and oxygen atoms in total. The second-order valence-electron chi connectivity index (χ2n) is 9.25. The van der Waals surface area contributed by atoms with Crippen LogP contribution in [-0.2, 0) is 0 Å². The maximum Gasteiger partial charge on any atom is 0.122 e. The Morgan fingerprint density at radius 3 is 1.19 bits per heavy atom. The van der Waals surface area contributed by atoms with Crippen LogP contribution in [0, 0.1) is 13.8 Å². The predicted molar refractivity (Wildman–Crippen MR) is 132 cm³/mol. The molecule has 4 N–H and O–H groups in total. The molecule has 0 aliphatic rings. The molecule has 0 aliphatic carbocycles. The number of hydrogen-bond acceptors (Lipinski definition) is 4. The van der Waals surface area contributed by atoms with E-state index < -0.39 is 0 Å². The van der Waals surface area contributed by atoms with Gasteiger partial charge >= 0.3 is 0 Å². The van der Waals surface area contributed by atoms with Gasteiger partial charge in [-0.1, -0.05) is 77.6 Å². The minimum atomic E-state index is -0.122. The minimum Gasteiger partial charge on any atom is -0.508 e. The lowest BCUT2D eigenvalue weighted by atomic mass is 9.85. The fourth-order valence-corrected chi connectivity index (χ4v) is 4.35. The van der Waals surface area contributed by atoms with Crippen molar-refractivity contribution in [1.29, 1.82) is 0 Å². The van der Waals surface area contributed by atoms with E-state index in [1.165, 1.54) is 57.8 Å². The smallest absolute Gasteiger partial charge is 0.122 e. The van der Waals surface area contributed by atoms with Crippen molar-refractivity contribution in [2.45, 2.75) is 104 Å². The van der Waals surface area contributed by atoms with Crippen LogP contribution in [-0.4, -0.2) is 20.4 Å². The lowest BCUT2D eigenvalue weighted by Crippen LogP contribution is -2.03. The molecule has 32 heavy (non-hydrogen) atoms. The monoisotopic (exact) mass is 442 g/mol. The average molecular weight is 443 g/mol. The first-order valence-electron chi connectivity index (χ1n) is 12.4. The zero-order chi connectivity index (χ0) is 23.5. The highest BCUT2D eigenvalue weighted by Gasteiger charge is 2.19. The van der Waals surface area contributed by atoms with E-state index in [1.807, 2.05) is 0 Å². The van der Waals surface area contributed by atoms with Gasteiger partial charge in [0.15, 0.2) is 0 Å². The van der Waals surface area contributed by atoms with Gasteiger partial charge in [-0.3, -0.25) is 0 Å². The summed E-state index contributed by atoms with van der Waals surface area (Å²) < 4.78 is 0. The third-order valence-electron chi connectivity index (χ3n) is 6.65. The summed E-state index contributed by atoms with van der Waals surface area (Å²) in [5.41, 5.74) is 2.49. The SMILES string of the molecule is CCCCCCCCCCCCCC(c1cc(O)c(C)c(O)c1)c1cc(O)c(C)c(O)c1. The Labute approximate surface area is 194 Å². The Balaban J connectivity index is 1.96. The van der Waals surface area contributed by atoms with E-state index in [9.17, 15) is 20.4 Å². The highest BCUT2D eigenvalue weighted by molar-refractivity contribution is 5.52. The van der Waals surface area contributed by atoms with E-state index in [-0.39, 0.29) is 28.9 Å². The normalized spacial score (nSPS) is 11.4. The third-order valence-corrected chi connectivity index (χ3v) is 6.65. The summed E-state index contributed by atoms with van der Waals surface area (Å²) in [7, 11) is 0. The van der Waals surface area contributed by atoms with Gasteiger partial charge in [-0.25, -0.2) is 0 Å². The van der Waals surface area contributed by atoms with Gasteiger partial charge in [0.25, 0.3) is 0 Å². The van der Waals surface area contributed by atoms with Gasteiger partial charge in [0.2, 0.25) is 0 Å². The van der Waals surface area contributed by atoms with Gasteiger partial charge in [0, 0.05) is 17.0 Å². The largest absolute Gasteiger partial charge is 0.508 e. The average Bonchev–Trinajstić information content (AvgIpc) is 2.76. The van der Waals surface area contributed by atoms with Crippen molar-refractivity contribution in [1.82, 2.24) is 0 Å². The summed E-state index contributed by atoms with van der Waals surface area (Å²) in [6.07, 6.45) is 14.8. The van der Waals surface area contributed by atoms with E-state index >= 15 is 0 Å². The number of rotatable bonds is 14. The van der Waals surface area contributed by atoms with Gasteiger partial charge in [-0.15, -0.1) is 0 Å². The first-order valence-corrected chi connectivity index (χ1v) is 12.4. The zero-order valence-corrected chi connectivity index (χ0v) is 20.2. The van der Waals surface area contributed by atoms with Gasteiger partial charge in [0.1, 0.15) is 23.0 Å². The molecule has 0 unspecified atom stereocenters. The van der Waals surface area contributed by atoms with Crippen molar-refractivity contribution < 1.29 is 20.4 Å². The Hall–Kier alpha value is -2.36. The number of phenolic OH excluding ortho intramolecular Hbond substituents is 4. The lowest BCUT2D eigenvalue weighted by Gasteiger charge is -2.21. The van der Waals surface area contributed by atoms with Gasteiger partial charge in [0.05, 0.1) is 0 Å². The summed E-state index contributed by atoms with van der Waals surface area (Å²) in [4.78, 5) is 0. The Kier molecular flexibility index (Phi) is 10.7. The molecule has 0 radical (unpaired) electrons.